The lowest BCUT2D eigenvalue weighted by molar-refractivity contribution is 0.201. The molecule has 1 atom stereocenters. The van der Waals surface area contributed by atoms with E-state index in [4.69, 9.17) is 5.11 Å². The van der Waals surface area contributed by atoms with Crippen molar-refractivity contribution in [1.82, 2.24) is 0 Å². The van der Waals surface area contributed by atoms with Crippen molar-refractivity contribution in [3.05, 3.63) is 0 Å². The molecule has 1 heteroatoms. The van der Waals surface area contributed by atoms with Crippen LogP contribution in [-0.4, -0.2) is 11.2 Å². The average molecular weight is 112 g/mol. The van der Waals surface area contributed by atoms with Gasteiger partial charge in [0.1, 0.15) is 0 Å². The standard InChI is InChI=1S/C7H12O/c1-3-4-5-6-7(2)8/h7-8H,3,6H2,1-2H3/t7-/m1/s1. The normalized spacial score (nSPS) is 11.9. The molecule has 0 saturated carbocycles. The van der Waals surface area contributed by atoms with Crippen LogP contribution in [0.4, 0.5) is 0 Å². The van der Waals surface area contributed by atoms with E-state index >= 15 is 0 Å². The molecule has 0 fully saturated rings. The van der Waals surface area contributed by atoms with Gasteiger partial charge in [0.05, 0.1) is 6.10 Å². The largest absolute Gasteiger partial charge is 0.392 e. The molecule has 0 aliphatic rings. The highest BCUT2D eigenvalue weighted by Crippen LogP contribution is 1.84. The third-order valence-electron chi connectivity index (χ3n) is 0.699. The first-order valence-corrected chi connectivity index (χ1v) is 2.91. The summed E-state index contributed by atoms with van der Waals surface area (Å²) in [6.45, 7) is 3.74. The van der Waals surface area contributed by atoms with Gasteiger partial charge < -0.3 is 5.11 Å². The van der Waals surface area contributed by atoms with Crippen molar-refractivity contribution in [2.24, 2.45) is 0 Å². The average Bonchev–Trinajstić information content (AvgIpc) is 1.66. The molecule has 0 aromatic heterocycles. The zero-order chi connectivity index (χ0) is 6.41. The minimum Gasteiger partial charge on any atom is -0.392 e. The lowest BCUT2D eigenvalue weighted by atomic mass is 10.3. The summed E-state index contributed by atoms with van der Waals surface area (Å²) in [6, 6.07) is 0. The Bertz CT molecular complexity index is 94.7. The molecule has 0 unspecified atom stereocenters. The van der Waals surface area contributed by atoms with Gasteiger partial charge in [0.15, 0.2) is 0 Å². The predicted molar refractivity (Wildman–Crippen MR) is 34.4 cm³/mol. The molecule has 0 saturated heterocycles. The molecule has 0 bridgehead atoms. The van der Waals surface area contributed by atoms with Crippen LogP contribution >= 0.6 is 0 Å². The van der Waals surface area contributed by atoms with Crippen LogP contribution in [0.25, 0.3) is 0 Å². The minimum atomic E-state index is -0.269. The smallest absolute Gasteiger partial charge is 0.0621 e. The third-order valence-corrected chi connectivity index (χ3v) is 0.699. The first-order chi connectivity index (χ1) is 3.77. The van der Waals surface area contributed by atoms with Crippen molar-refractivity contribution in [2.45, 2.75) is 32.8 Å². The maximum atomic E-state index is 8.68. The molecule has 0 aromatic carbocycles. The van der Waals surface area contributed by atoms with Gasteiger partial charge in [0, 0.05) is 12.8 Å². The quantitative estimate of drug-likeness (QED) is 0.505. The fourth-order valence-corrected chi connectivity index (χ4v) is 0.345. The van der Waals surface area contributed by atoms with Crippen molar-refractivity contribution >= 4 is 0 Å². The van der Waals surface area contributed by atoms with Crippen LogP contribution in [0.1, 0.15) is 26.7 Å². The zero-order valence-electron chi connectivity index (χ0n) is 5.44. The highest BCUT2D eigenvalue weighted by Gasteiger charge is 1.86. The SMILES string of the molecule is CCC#CC[C@@H](C)O. The number of hydrogen-bond donors (Lipinski definition) is 1. The second-order valence-corrected chi connectivity index (χ2v) is 1.76. The summed E-state index contributed by atoms with van der Waals surface area (Å²) in [5.74, 6) is 5.70. The van der Waals surface area contributed by atoms with Crippen molar-refractivity contribution in [3.63, 3.8) is 0 Å². The molecule has 0 heterocycles. The summed E-state index contributed by atoms with van der Waals surface area (Å²) in [5, 5.41) is 8.68. The van der Waals surface area contributed by atoms with E-state index in [1.165, 1.54) is 0 Å². The maximum Gasteiger partial charge on any atom is 0.0621 e. The molecule has 0 aliphatic heterocycles. The Morgan fingerprint density at radius 2 is 2.12 bits per heavy atom. The Kier molecular flexibility index (Phi) is 4.39. The van der Waals surface area contributed by atoms with Gasteiger partial charge in [-0.15, -0.1) is 11.8 Å². The van der Waals surface area contributed by atoms with Crippen LogP contribution < -0.4 is 0 Å². The molecule has 0 amide bonds. The van der Waals surface area contributed by atoms with Crippen LogP contribution in [0.3, 0.4) is 0 Å². The Morgan fingerprint density at radius 3 is 2.50 bits per heavy atom. The molecule has 1 N–H and O–H groups in total. The van der Waals surface area contributed by atoms with E-state index in [-0.39, 0.29) is 6.10 Å². The fraction of sp³-hybridized carbons (Fsp3) is 0.714. The van der Waals surface area contributed by atoms with Gasteiger partial charge in [0.25, 0.3) is 0 Å². The lowest BCUT2D eigenvalue weighted by Crippen LogP contribution is -1.95. The Labute approximate surface area is 50.7 Å². The van der Waals surface area contributed by atoms with E-state index in [1.54, 1.807) is 6.92 Å². The van der Waals surface area contributed by atoms with Crippen LogP contribution in [0.15, 0.2) is 0 Å². The molecular formula is C7H12O. The summed E-state index contributed by atoms with van der Waals surface area (Å²) < 4.78 is 0. The fourth-order valence-electron chi connectivity index (χ4n) is 0.345. The Balaban J connectivity index is 3.15. The molecule has 1 nitrogen and oxygen atoms in total. The maximum absolute atomic E-state index is 8.68. The van der Waals surface area contributed by atoms with E-state index in [9.17, 15) is 0 Å². The number of aliphatic hydroxyl groups is 1. The molecule has 0 rings (SSSR count). The van der Waals surface area contributed by atoms with Crippen LogP contribution in [0.2, 0.25) is 0 Å². The zero-order valence-corrected chi connectivity index (χ0v) is 5.44. The summed E-state index contributed by atoms with van der Waals surface area (Å²) in [7, 11) is 0. The van der Waals surface area contributed by atoms with E-state index in [1.807, 2.05) is 6.92 Å². The second-order valence-electron chi connectivity index (χ2n) is 1.76. The highest BCUT2D eigenvalue weighted by molar-refractivity contribution is 4.98. The van der Waals surface area contributed by atoms with E-state index < -0.39 is 0 Å². The van der Waals surface area contributed by atoms with Gasteiger partial charge in [-0.2, -0.15) is 0 Å². The van der Waals surface area contributed by atoms with Crippen LogP contribution in [0, 0.1) is 11.8 Å². The van der Waals surface area contributed by atoms with Crippen molar-refractivity contribution in [2.75, 3.05) is 0 Å². The van der Waals surface area contributed by atoms with Crippen LogP contribution in [-0.2, 0) is 0 Å². The first-order valence-electron chi connectivity index (χ1n) is 2.91. The van der Waals surface area contributed by atoms with Gasteiger partial charge in [-0.3, -0.25) is 0 Å². The molecule has 0 radical (unpaired) electrons. The van der Waals surface area contributed by atoms with Crippen molar-refractivity contribution < 1.29 is 5.11 Å². The summed E-state index contributed by atoms with van der Waals surface area (Å²) in [6.07, 6.45) is 1.22. The van der Waals surface area contributed by atoms with Gasteiger partial charge in [0.2, 0.25) is 0 Å². The van der Waals surface area contributed by atoms with Gasteiger partial charge in [-0.25, -0.2) is 0 Å². The number of rotatable bonds is 1. The minimum absolute atomic E-state index is 0.269. The topological polar surface area (TPSA) is 20.2 Å². The molecular weight excluding hydrogens is 100 g/mol. The number of hydrogen-bond acceptors (Lipinski definition) is 1. The van der Waals surface area contributed by atoms with E-state index in [2.05, 4.69) is 11.8 Å². The van der Waals surface area contributed by atoms with Gasteiger partial charge in [-0.05, 0) is 6.92 Å². The lowest BCUT2D eigenvalue weighted by Gasteiger charge is -1.91. The Morgan fingerprint density at radius 1 is 1.50 bits per heavy atom. The molecule has 0 aromatic rings. The summed E-state index contributed by atoms with van der Waals surface area (Å²) in [4.78, 5) is 0. The molecule has 8 heavy (non-hydrogen) atoms. The molecule has 46 valence electrons. The second kappa shape index (κ2) is 4.67. The Hall–Kier alpha value is -0.480. The summed E-state index contributed by atoms with van der Waals surface area (Å²) in [5.41, 5.74) is 0. The highest BCUT2D eigenvalue weighted by atomic mass is 16.3. The molecule has 0 spiro atoms. The monoisotopic (exact) mass is 112 g/mol. The van der Waals surface area contributed by atoms with Crippen molar-refractivity contribution in [1.29, 1.82) is 0 Å². The van der Waals surface area contributed by atoms with Gasteiger partial charge >= 0.3 is 0 Å². The van der Waals surface area contributed by atoms with Gasteiger partial charge in [-0.1, -0.05) is 6.92 Å². The summed E-state index contributed by atoms with van der Waals surface area (Å²) >= 11 is 0. The first kappa shape index (κ1) is 7.52. The molecule has 0 aliphatic carbocycles. The van der Waals surface area contributed by atoms with E-state index in [0.717, 1.165) is 6.42 Å². The predicted octanol–water partition coefficient (Wildman–Crippen LogP) is 1.17. The van der Waals surface area contributed by atoms with Crippen molar-refractivity contribution in [3.8, 4) is 11.8 Å². The van der Waals surface area contributed by atoms with E-state index in [0.29, 0.717) is 6.42 Å². The van der Waals surface area contributed by atoms with Crippen LogP contribution in [0.5, 0.6) is 0 Å². The number of aliphatic hydroxyl groups excluding tert-OH is 1. The third kappa shape index (κ3) is 5.52.